The van der Waals surface area contributed by atoms with Crippen molar-refractivity contribution in [2.45, 2.75) is 11.8 Å². The van der Waals surface area contributed by atoms with Crippen LogP contribution in [-0.2, 0) is 32.7 Å². The van der Waals surface area contributed by atoms with Gasteiger partial charge < -0.3 is 17.7 Å². The van der Waals surface area contributed by atoms with Crippen LogP contribution in [0.1, 0.15) is 6.42 Å². The van der Waals surface area contributed by atoms with Crippen molar-refractivity contribution in [1.29, 1.82) is 0 Å². The molecule has 1 radical (unpaired) electrons. The van der Waals surface area contributed by atoms with Crippen molar-refractivity contribution in [1.82, 2.24) is 5.32 Å². The molecule has 0 saturated heterocycles. The average Bonchev–Trinajstić information content (AvgIpc) is 2.07. The summed E-state index contributed by atoms with van der Waals surface area (Å²) in [6.07, 6.45) is 9.20. The van der Waals surface area contributed by atoms with Crippen molar-refractivity contribution in [3.8, 4) is 0 Å². The maximum Gasteiger partial charge on any atom is 0.101 e. The van der Waals surface area contributed by atoms with Gasteiger partial charge in [0.25, 0.3) is 0 Å². The zero-order valence-corrected chi connectivity index (χ0v) is 11.9. The molecule has 1 atom stereocenters. The molecule has 0 saturated carbocycles. The minimum atomic E-state index is 0. The van der Waals surface area contributed by atoms with Crippen molar-refractivity contribution >= 4 is 21.6 Å². The van der Waals surface area contributed by atoms with Crippen LogP contribution in [0.5, 0.6) is 0 Å². The zero-order valence-electron chi connectivity index (χ0n) is 7.40. The van der Waals surface area contributed by atoms with Crippen LogP contribution in [0, 0.1) is 6.92 Å². The smallest absolute Gasteiger partial charge is 0.101 e. The van der Waals surface area contributed by atoms with Crippen molar-refractivity contribution in [3.05, 3.63) is 31.4 Å². The van der Waals surface area contributed by atoms with Gasteiger partial charge in [-0.25, -0.2) is 0 Å². The number of allylic oxidation sites excluding steroid dienone is 2. The fourth-order valence-electron chi connectivity index (χ4n) is 0.667. The topological polar surface area (TPSA) is 43.5 Å². The summed E-state index contributed by atoms with van der Waals surface area (Å²) >= 11 is 0. The molecule has 1 aliphatic heterocycles. The third-order valence-corrected chi connectivity index (χ3v) is 3.78. The Morgan fingerprint density at radius 2 is 2.15 bits per heavy atom. The largest absolute Gasteiger partial charge is 0.412 e. The van der Waals surface area contributed by atoms with Crippen molar-refractivity contribution in [3.63, 3.8) is 0 Å². The van der Waals surface area contributed by atoms with E-state index in [-0.39, 0.29) is 38.2 Å². The molecule has 1 heterocycles. The summed E-state index contributed by atoms with van der Waals surface area (Å²) in [5, 5.41) is 3.67. The molecular weight excluding hydrogens is 279 g/mol. The van der Waals surface area contributed by atoms with Crippen molar-refractivity contribution < 1.29 is 38.2 Å². The third kappa shape index (κ3) is 8.07. The minimum Gasteiger partial charge on any atom is -0.412 e. The number of hydrogen-bond donors (Lipinski definition) is 1. The van der Waals surface area contributed by atoms with E-state index >= 15 is 0 Å². The van der Waals surface area contributed by atoms with Crippen LogP contribution >= 0.6 is 21.6 Å². The van der Waals surface area contributed by atoms with Gasteiger partial charge in [0.1, 0.15) is 5.37 Å². The molecule has 0 bridgehead atoms. The molecule has 2 nitrogen and oxygen atoms in total. The molecule has 0 aliphatic carbocycles. The third-order valence-electron chi connectivity index (χ3n) is 1.15. The second-order valence-electron chi connectivity index (χ2n) is 2.10. The van der Waals surface area contributed by atoms with Gasteiger partial charge in [-0.05, 0) is 18.0 Å². The number of hydrogen-bond acceptors (Lipinski definition) is 3. The van der Waals surface area contributed by atoms with Crippen molar-refractivity contribution in [2.24, 2.45) is 0 Å². The summed E-state index contributed by atoms with van der Waals surface area (Å²) in [6, 6.07) is 0. The predicted octanol–water partition coefficient (Wildman–Crippen LogP) is 1.76. The first-order valence-corrected chi connectivity index (χ1v) is 5.98. The van der Waals surface area contributed by atoms with Crippen LogP contribution in [0.25, 0.3) is 0 Å². The van der Waals surface area contributed by atoms with E-state index in [0.717, 1.165) is 12.2 Å². The average molecular weight is 293 g/mol. The molecule has 0 aromatic heterocycles. The molecule has 0 spiro atoms. The molecule has 73 valence electrons. The first-order chi connectivity index (χ1) is 5.43. The Bertz CT molecular complexity index is 164. The van der Waals surface area contributed by atoms with Gasteiger partial charge in [-0.15, -0.1) is 0 Å². The van der Waals surface area contributed by atoms with Gasteiger partial charge >= 0.3 is 0 Å². The summed E-state index contributed by atoms with van der Waals surface area (Å²) in [5.74, 6) is 1.13. The second kappa shape index (κ2) is 11.1. The first kappa shape index (κ1) is 16.5. The second-order valence-corrected chi connectivity index (χ2v) is 4.73. The van der Waals surface area contributed by atoms with Crippen LogP contribution in [0.15, 0.2) is 24.4 Å². The van der Waals surface area contributed by atoms with Gasteiger partial charge in [-0.1, -0.05) is 33.7 Å². The maximum atomic E-state index is 3.78. The molecular formula is C8H14NOS2Y-. The van der Waals surface area contributed by atoms with Crippen LogP contribution < -0.4 is 5.32 Å². The Kier molecular flexibility index (Phi) is 14.1. The van der Waals surface area contributed by atoms with Crippen LogP contribution in [0.3, 0.4) is 0 Å². The fourth-order valence-corrected chi connectivity index (χ4v) is 2.76. The van der Waals surface area contributed by atoms with Crippen LogP contribution in [-0.4, -0.2) is 16.6 Å². The summed E-state index contributed by atoms with van der Waals surface area (Å²) in [5.41, 5.74) is 0. The van der Waals surface area contributed by atoms with E-state index in [4.69, 9.17) is 0 Å². The van der Waals surface area contributed by atoms with E-state index in [0.29, 0.717) is 5.37 Å². The van der Waals surface area contributed by atoms with E-state index in [9.17, 15) is 0 Å². The predicted molar refractivity (Wildman–Crippen MR) is 58.8 cm³/mol. The maximum absolute atomic E-state index is 3.78. The summed E-state index contributed by atoms with van der Waals surface area (Å²) in [4.78, 5) is 0. The molecule has 0 aromatic carbocycles. The van der Waals surface area contributed by atoms with E-state index in [2.05, 4.69) is 24.4 Å². The molecule has 13 heavy (non-hydrogen) atoms. The molecule has 1 aliphatic rings. The van der Waals surface area contributed by atoms with Crippen LogP contribution in [0.4, 0.5) is 0 Å². The van der Waals surface area contributed by atoms with E-state index < -0.39 is 0 Å². The number of rotatable bonds is 4. The van der Waals surface area contributed by atoms with Crippen molar-refractivity contribution in [2.75, 3.05) is 5.75 Å². The Morgan fingerprint density at radius 1 is 1.38 bits per heavy atom. The zero-order chi connectivity index (χ0) is 7.94. The molecule has 1 rings (SSSR count). The molecule has 0 fully saturated rings. The number of nitrogens with one attached hydrogen (secondary N) is 1. The summed E-state index contributed by atoms with van der Waals surface area (Å²) in [6.45, 7) is 3.78. The van der Waals surface area contributed by atoms with E-state index in [1.165, 1.54) is 0 Å². The molecule has 3 N–H and O–H groups in total. The van der Waals surface area contributed by atoms with E-state index in [1.807, 2.05) is 33.9 Å². The first-order valence-electron chi connectivity index (χ1n) is 3.60. The van der Waals surface area contributed by atoms with Crippen LogP contribution in [0.2, 0.25) is 0 Å². The Balaban J connectivity index is 0. The Labute approximate surface area is 113 Å². The van der Waals surface area contributed by atoms with Gasteiger partial charge in [0, 0.05) is 32.7 Å². The Morgan fingerprint density at radius 3 is 2.69 bits per heavy atom. The van der Waals surface area contributed by atoms with Gasteiger partial charge in [-0.3, -0.25) is 0 Å². The SMILES string of the molecule is O.[CH2-]CCSSC1C=CC=CN1.[Y]. The molecule has 0 aromatic rings. The van der Waals surface area contributed by atoms with Gasteiger partial charge in [0.2, 0.25) is 0 Å². The normalized spacial score (nSPS) is 18.4. The summed E-state index contributed by atoms with van der Waals surface area (Å²) in [7, 11) is 3.72. The van der Waals surface area contributed by atoms with E-state index in [1.54, 1.807) is 0 Å². The standard InChI is InChI=1S/C8H12NS2.H2O.Y/c1-2-7-10-11-8-5-3-4-6-9-8;;/h3-6,8-9H,1-2,7H2;1H2;/q-1;;. The van der Waals surface area contributed by atoms with Gasteiger partial charge in [0.05, 0.1) is 0 Å². The number of dihydropyridines is 1. The monoisotopic (exact) mass is 293 g/mol. The molecule has 1 unspecified atom stereocenters. The minimum absolute atomic E-state index is 0. The van der Waals surface area contributed by atoms with Gasteiger partial charge in [0.15, 0.2) is 0 Å². The van der Waals surface area contributed by atoms with Gasteiger partial charge in [-0.2, -0.15) is 6.42 Å². The Hall–Kier alpha value is 1.04. The fraction of sp³-hybridized carbons (Fsp3) is 0.375. The quantitative estimate of drug-likeness (QED) is 0.488. The molecule has 0 amide bonds. The molecule has 5 heteroatoms. The summed E-state index contributed by atoms with van der Waals surface area (Å²) < 4.78 is 0.